The first kappa shape index (κ1) is 19.6. The number of ether oxygens (including phenoxy) is 2. The maximum absolute atomic E-state index is 13.1. The quantitative estimate of drug-likeness (QED) is 0.442. The monoisotopic (exact) mass is 390 g/mol. The van der Waals surface area contributed by atoms with Gasteiger partial charge >= 0.3 is 11.9 Å². The van der Waals surface area contributed by atoms with E-state index < -0.39 is 40.9 Å². The fraction of sp³-hybridized carbons (Fsp3) is 0.773. The Balaban J connectivity index is 1.90. The third-order valence-corrected chi connectivity index (χ3v) is 8.37. The average Bonchev–Trinajstić information content (AvgIpc) is 2.82. The molecule has 2 bridgehead atoms. The van der Waals surface area contributed by atoms with Crippen molar-refractivity contribution in [2.45, 2.75) is 65.1 Å². The molecule has 154 valence electrons. The van der Waals surface area contributed by atoms with Gasteiger partial charge in [0.1, 0.15) is 24.4 Å². The van der Waals surface area contributed by atoms with Crippen LogP contribution in [-0.4, -0.2) is 42.1 Å². The predicted molar refractivity (Wildman–Crippen MR) is 99.9 cm³/mol. The lowest BCUT2D eigenvalue weighted by molar-refractivity contribution is -0.249. The molecule has 3 aliphatic carbocycles. The van der Waals surface area contributed by atoms with Crippen molar-refractivity contribution in [2.24, 2.45) is 34.0 Å². The van der Waals surface area contributed by atoms with E-state index in [1.165, 1.54) is 6.92 Å². The maximum Gasteiger partial charge on any atom is 0.315 e. The Hall–Kier alpha value is -1.69. The Kier molecular flexibility index (Phi) is 4.31. The number of aldehydes is 1. The van der Waals surface area contributed by atoms with Crippen LogP contribution in [0.1, 0.15) is 52.9 Å². The Labute approximate surface area is 165 Å². The molecule has 0 radical (unpaired) electrons. The Morgan fingerprint density at radius 1 is 1.32 bits per heavy atom. The topological polar surface area (TPSA) is 89.9 Å². The van der Waals surface area contributed by atoms with Crippen LogP contribution in [-0.2, 0) is 23.9 Å². The number of hydrogen-bond acceptors (Lipinski definition) is 6. The standard InChI is InChI=1S/C22H30O6/c1-12-14-5-6-15-21(9-14,18(12)25)19(26)27-11-22(15)16(10-23)20(3,4)8-7-17(22)28-13(2)24/h10,14-18,25H,1,5-9,11H2,2-4H3/t14-,15-,16-,17+,18-,21+,22+/m1/s1. The fourth-order valence-corrected chi connectivity index (χ4v) is 7.12. The molecular formula is C22H30O6. The number of cyclic esters (lactones) is 1. The molecule has 1 N–H and O–H groups in total. The van der Waals surface area contributed by atoms with Gasteiger partial charge in [-0.1, -0.05) is 20.4 Å². The molecule has 0 aromatic carbocycles. The number of hydrogen-bond donors (Lipinski definition) is 1. The van der Waals surface area contributed by atoms with E-state index in [0.717, 1.165) is 19.1 Å². The number of fused-ring (bicyclic) bond motifs is 2. The molecule has 1 heterocycles. The summed E-state index contributed by atoms with van der Waals surface area (Å²) < 4.78 is 11.5. The molecule has 7 atom stereocenters. The van der Waals surface area contributed by atoms with Crippen molar-refractivity contribution >= 4 is 18.2 Å². The highest BCUT2D eigenvalue weighted by atomic mass is 16.6. The molecule has 6 nitrogen and oxygen atoms in total. The molecule has 4 fully saturated rings. The smallest absolute Gasteiger partial charge is 0.315 e. The van der Waals surface area contributed by atoms with E-state index in [1.54, 1.807) is 0 Å². The van der Waals surface area contributed by atoms with Crippen molar-refractivity contribution in [1.82, 2.24) is 0 Å². The van der Waals surface area contributed by atoms with Crippen molar-refractivity contribution in [3.63, 3.8) is 0 Å². The zero-order valence-corrected chi connectivity index (χ0v) is 16.9. The van der Waals surface area contributed by atoms with E-state index in [9.17, 15) is 19.5 Å². The van der Waals surface area contributed by atoms with Crippen molar-refractivity contribution in [1.29, 1.82) is 0 Å². The lowest BCUT2D eigenvalue weighted by atomic mass is 9.44. The van der Waals surface area contributed by atoms with Crippen molar-refractivity contribution in [3.8, 4) is 0 Å². The molecule has 4 rings (SSSR count). The molecule has 6 heteroatoms. The first-order valence-electron chi connectivity index (χ1n) is 10.3. The summed E-state index contributed by atoms with van der Waals surface area (Å²) >= 11 is 0. The predicted octanol–water partition coefficient (Wildman–Crippen LogP) is 2.43. The lowest BCUT2D eigenvalue weighted by Gasteiger charge is -2.62. The molecule has 1 saturated heterocycles. The van der Waals surface area contributed by atoms with Gasteiger partial charge in [-0.05, 0) is 54.9 Å². The SMILES string of the molecule is C=C1[C@@H]2CC[C@@H]3[C@](C2)(C(=O)OC[C@]32[C@@H](OC(C)=O)CCC(C)(C)[C@H]2C=O)[C@@H]1O. The van der Waals surface area contributed by atoms with E-state index in [0.29, 0.717) is 24.8 Å². The van der Waals surface area contributed by atoms with E-state index in [2.05, 4.69) is 20.4 Å². The van der Waals surface area contributed by atoms with E-state index in [-0.39, 0.29) is 23.9 Å². The summed E-state index contributed by atoms with van der Waals surface area (Å²) in [5, 5.41) is 11.1. The molecule has 28 heavy (non-hydrogen) atoms. The van der Waals surface area contributed by atoms with Gasteiger partial charge in [-0.15, -0.1) is 0 Å². The van der Waals surface area contributed by atoms with Crippen molar-refractivity contribution in [3.05, 3.63) is 12.2 Å². The molecule has 0 aromatic rings. The second-order valence-electron chi connectivity index (χ2n) is 9.98. The Bertz CT molecular complexity index is 741. The van der Waals surface area contributed by atoms with Gasteiger partial charge < -0.3 is 19.4 Å². The summed E-state index contributed by atoms with van der Waals surface area (Å²) in [5.74, 6) is -1.43. The summed E-state index contributed by atoms with van der Waals surface area (Å²) in [7, 11) is 0. The highest BCUT2D eigenvalue weighted by Gasteiger charge is 2.74. The highest BCUT2D eigenvalue weighted by molar-refractivity contribution is 5.82. The zero-order valence-electron chi connectivity index (χ0n) is 16.9. The maximum atomic E-state index is 13.1. The minimum Gasteiger partial charge on any atom is -0.464 e. The van der Waals surface area contributed by atoms with Crippen LogP contribution in [0.25, 0.3) is 0 Å². The van der Waals surface area contributed by atoms with Gasteiger partial charge in [-0.3, -0.25) is 9.59 Å². The summed E-state index contributed by atoms with van der Waals surface area (Å²) in [6.07, 6.45) is 2.82. The molecule has 2 spiro atoms. The van der Waals surface area contributed by atoms with Crippen LogP contribution in [0, 0.1) is 34.0 Å². The first-order valence-corrected chi connectivity index (χ1v) is 10.3. The summed E-state index contributed by atoms with van der Waals surface area (Å²) in [5.41, 5.74) is -1.54. The fourth-order valence-electron chi connectivity index (χ4n) is 7.12. The number of rotatable bonds is 2. The molecule has 3 saturated carbocycles. The molecule has 4 aliphatic rings. The van der Waals surface area contributed by atoms with Crippen molar-refractivity contribution < 1.29 is 29.0 Å². The summed E-state index contributed by atoms with van der Waals surface area (Å²) in [6.45, 7) is 9.58. The largest absolute Gasteiger partial charge is 0.464 e. The average molecular weight is 390 g/mol. The van der Waals surface area contributed by atoms with E-state index in [1.807, 2.05) is 0 Å². The summed E-state index contributed by atoms with van der Waals surface area (Å²) in [4.78, 5) is 37.4. The second-order valence-corrected chi connectivity index (χ2v) is 9.98. The first-order chi connectivity index (χ1) is 13.1. The van der Waals surface area contributed by atoms with Crippen LogP contribution in [0.5, 0.6) is 0 Å². The van der Waals surface area contributed by atoms with Crippen LogP contribution < -0.4 is 0 Å². The zero-order chi connectivity index (χ0) is 20.5. The Morgan fingerprint density at radius 3 is 2.68 bits per heavy atom. The minimum absolute atomic E-state index is 0.0485. The van der Waals surface area contributed by atoms with E-state index >= 15 is 0 Å². The lowest BCUT2D eigenvalue weighted by Crippen LogP contribution is -2.69. The van der Waals surface area contributed by atoms with Crippen LogP contribution in [0.4, 0.5) is 0 Å². The summed E-state index contributed by atoms with van der Waals surface area (Å²) in [6, 6.07) is 0. The van der Waals surface area contributed by atoms with Crippen LogP contribution in [0.3, 0.4) is 0 Å². The van der Waals surface area contributed by atoms with Gasteiger partial charge in [-0.25, -0.2) is 0 Å². The Morgan fingerprint density at radius 2 is 2.04 bits per heavy atom. The molecule has 0 amide bonds. The molecule has 0 unspecified atom stereocenters. The van der Waals surface area contributed by atoms with Gasteiger partial charge in [0.2, 0.25) is 0 Å². The number of carbonyl (C=O) groups excluding carboxylic acids is 3. The third kappa shape index (κ3) is 2.27. The van der Waals surface area contributed by atoms with Gasteiger partial charge in [0.25, 0.3) is 0 Å². The highest BCUT2D eigenvalue weighted by Crippen LogP contribution is 2.69. The van der Waals surface area contributed by atoms with Gasteiger partial charge in [0, 0.05) is 12.8 Å². The number of aliphatic hydroxyl groups is 1. The van der Waals surface area contributed by atoms with Gasteiger partial charge in [0.15, 0.2) is 0 Å². The van der Waals surface area contributed by atoms with Crippen LogP contribution >= 0.6 is 0 Å². The van der Waals surface area contributed by atoms with Gasteiger partial charge in [-0.2, -0.15) is 0 Å². The van der Waals surface area contributed by atoms with Gasteiger partial charge in [0.05, 0.1) is 11.5 Å². The van der Waals surface area contributed by atoms with Crippen molar-refractivity contribution in [2.75, 3.05) is 6.61 Å². The second kappa shape index (κ2) is 6.15. The van der Waals surface area contributed by atoms with E-state index in [4.69, 9.17) is 9.47 Å². The van der Waals surface area contributed by atoms with Crippen LogP contribution in [0.15, 0.2) is 12.2 Å². The number of esters is 2. The molecule has 0 aromatic heterocycles. The number of aliphatic hydroxyl groups excluding tert-OH is 1. The van der Waals surface area contributed by atoms with Crippen LogP contribution in [0.2, 0.25) is 0 Å². The molecule has 1 aliphatic heterocycles. The third-order valence-electron chi connectivity index (χ3n) is 8.37. The molecular weight excluding hydrogens is 360 g/mol. The minimum atomic E-state index is -1.09. The number of carbonyl (C=O) groups is 3. The normalized spacial score (nSPS) is 46.6.